The van der Waals surface area contributed by atoms with E-state index in [0.29, 0.717) is 12.1 Å². The highest BCUT2D eigenvalue weighted by Crippen LogP contribution is 2.27. The van der Waals surface area contributed by atoms with E-state index in [0.717, 1.165) is 32.4 Å². The van der Waals surface area contributed by atoms with Crippen molar-refractivity contribution < 1.29 is 9.84 Å². The zero-order valence-electron chi connectivity index (χ0n) is 10.4. The van der Waals surface area contributed by atoms with Crippen molar-refractivity contribution in [3.8, 4) is 0 Å². The fraction of sp³-hybridized carbons (Fsp3) is 1.00. The van der Waals surface area contributed by atoms with Gasteiger partial charge in [0.2, 0.25) is 0 Å². The summed E-state index contributed by atoms with van der Waals surface area (Å²) in [5, 5.41) is 9.58. The smallest absolute Gasteiger partial charge is 0.0702 e. The van der Waals surface area contributed by atoms with E-state index in [2.05, 4.69) is 11.8 Å². The second kappa shape index (κ2) is 5.99. The predicted molar refractivity (Wildman–Crippen MR) is 64.5 cm³/mol. The normalized spacial score (nSPS) is 36.8. The summed E-state index contributed by atoms with van der Waals surface area (Å²) in [4.78, 5) is 2.54. The Kier molecular flexibility index (Phi) is 4.62. The lowest BCUT2D eigenvalue weighted by molar-refractivity contribution is -0.0131. The number of hydrogen-bond donors (Lipinski definition) is 1. The van der Waals surface area contributed by atoms with Crippen LogP contribution in [0.1, 0.15) is 45.4 Å². The van der Waals surface area contributed by atoms with Crippen molar-refractivity contribution >= 4 is 0 Å². The highest BCUT2D eigenvalue weighted by atomic mass is 16.5. The van der Waals surface area contributed by atoms with Crippen molar-refractivity contribution in [1.82, 2.24) is 4.90 Å². The van der Waals surface area contributed by atoms with E-state index < -0.39 is 0 Å². The van der Waals surface area contributed by atoms with Gasteiger partial charge in [0.1, 0.15) is 0 Å². The van der Waals surface area contributed by atoms with Crippen molar-refractivity contribution in [2.24, 2.45) is 0 Å². The third-order valence-corrected chi connectivity index (χ3v) is 3.86. The monoisotopic (exact) mass is 227 g/mol. The third-order valence-electron chi connectivity index (χ3n) is 3.86. The van der Waals surface area contributed by atoms with Gasteiger partial charge in [0.05, 0.1) is 12.2 Å². The molecule has 2 aliphatic rings. The van der Waals surface area contributed by atoms with Gasteiger partial charge in [0.15, 0.2) is 0 Å². The first-order valence-electron chi connectivity index (χ1n) is 6.83. The molecule has 94 valence electrons. The molecule has 0 spiro atoms. The molecule has 1 N–H and O–H groups in total. The van der Waals surface area contributed by atoms with Gasteiger partial charge >= 0.3 is 0 Å². The lowest BCUT2D eigenvalue weighted by Gasteiger charge is -2.36. The van der Waals surface area contributed by atoms with Gasteiger partial charge in [0.25, 0.3) is 0 Å². The quantitative estimate of drug-likeness (QED) is 0.795. The molecular weight excluding hydrogens is 202 g/mol. The maximum atomic E-state index is 9.58. The van der Waals surface area contributed by atoms with Crippen LogP contribution in [0.5, 0.6) is 0 Å². The van der Waals surface area contributed by atoms with E-state index in [1.165, 1.54) is 25.8 Å². The number of aliphatic hydroxyl groups is 1. The number of ether oxygens (including phenoxy) is 1. The van der Waals surface area contributed by atoms with Gasteiger partial charge in [-0.15, -0.1) is 0 Å². The highest BCUT2D eigenvalue weighted by molar-refractivity contribution is 4.86. The molecule has 0 aromatic heterocycles. The number of aliphatic hydroxyl groups excluding tert-OH is 1. The minimum Gasteiger partial charge on any atom is -0.393 e. The summed E-state index contributed by atoms with van der Waals surface area (Å²) in [7, 11) is 0. The van der Waals surface area contributed by atoms with Crippen LogP contribution in [0.2, 0.25) is 0 Å². The van der Waals surface area contributed by atoms with Crippen LogP contribution < -0.4 is 0 Å². The summed E-state index contributed by atoms with van der Waals surface area (Å²) in [6.07, 6.45) is 7.09. The van der Waals surface area contributed by atoms with Crippen molar-refractivity contribution in [3.05, 3.63) is 0 Å². The summed E-state index contributed by atoms with van der Waals surface area (Å²) in [6.45, 7) is 5.33. The predicted octanol–water partition coefficient (Wildman–Crippen LogP) is 1.79. The molecule has 1 heterocycles. The van der Waals surface area contributed by atoms with Crippen molar-refractivity contribution in [3.63, 3.8) is 0 Å². The third kappa shape index (κ3) is 3.19. The summed E-state index contributed by atoms with van der Waals surface area (Å²) < 4.78 is 5.84. The Balaban J connectivity index is 1.77. The minimum absolute atomic E-state index is 0.0538. The van der Waals surface area contributed by atoms with Crippen LogP contribution in [0.25, 0.3) is 0 Å². The fourth-order valence-corrected chi connectivity index (χ4v) is 2.98. The first kappa shape index (κ1) is 12.3. The van der Waals surface area contributed by atoms with Crippen LogP contribution in [0.15, 0.2) is 0 Å². The highest BCUT2D eigenvalue weighted by Gasteiger charge is 2.31. The van der Waals surface area contributed by atoms with E-state index in [9.17, 15) is 5.11 Å². The molecule has 1 aliphatic carbocycles. The second-order valence-corrected chi connectivity index (χ2v) is 5.25. The Morgan fingerprint density at radius 3 is 2.88 bits per heavy atom. The molecule has 3 heteroatoms. The SMILES string of the molecule is CCCOC1CCCN(C2CCC(O)C2)C1. The van der Waals surface area contributed by atoms with Gasteiger partial charge in [-0.3, -0.25) is 4.90 Å². The van der Waals surface area contributed by atoms with Gasteiger partial charge in [0, 0.05) is 19.2 Å². The average molecular weight is 227 g/mol. The topological polar surface area (TPSA) is 32.7 Å². The van der Waals surface area contributed by atoms with Crippen molar-refractivity contribution in [2.45, 2.75) is 63.7 Å². The maximum Gasteiger partial charge on any atom is 0.0702 e. The summed E-state index contributed by atoms with van der Waals surface area (Å²) in [5.74, 6) is 0. The van der Waals surface area contributed by atoms with Crippen LogP contribution in [-0.4, -0.2) is 48.0 Å². The average Bonchev–Trinajstić information content (AvgIpc) is 2.74. The number of likely N-dealkylation sites (tertiary alicyclic amines) is 1. The van der Waals surface area contributed by atoms with E-state index in [1.807, 2.05) is 0 Å². The zero-order valence-corrected chi connectivity index (χ0v) is 10.4. The molecule has 2 fully saturated rings. The van der Waals surface area contributed by atoms with E-state index >= 15 is 0 Å². The molecule has 2 rings (SSSR count). The summed E-state index contributed by atoms with van der Waals surface area (Å²) >= 11 is 0. The Morgan fingerprint density at radius 2 is 2.19 bits per heavy atom. The fourth-order valence-electron chi connectivity index (χ4n) is 2.98. The molecule has 0 aromatic rings. The minimum atomic E-state index is -0.0538. The van der Waals surface area contributed by atoms with Gasteiger partial charge in [-0.1, -0.05) is 6.92 Å². The first-order chi connectivity index (χ1) is 7.79. The van der Waals surface area contributed by atoms with E-state index in [-0.39, 0.29) is 6.10 Å². The summed E-state index contributed by atoms with van der Waals surface area (Å²) in [6, 6.07) is 0.614. The van der Waals surface area contributed by atoms with Crippen LogP contribution in [-0.2, 0) is 4.74 Å². The largest absolute Gasteiger partial charge is 0.393 e. The van der Waals surface area contributed by atoms with Gasteiger partial charge in [-0.2, -0.15) is 0 Å². The van der Waals surface area contributed by atoms with Gasteiger partial charge in [-0.05, 0) is 45.1 Å². The molecule has 0 bridgehead atoms. The molecule has 1 saturated heterocycles. The number of piperidine rings is 1. The summed E-state index contributed by atoms with van der Waals surface area (Å²) in [5.41, 5.74) is 0. The molecular formula is C13H25NO2. The van der Waals surface area contributed by atoms with E-state index in [1.54, 1.807) is 0 Å². The zero-order chi connectivity index (χ0) is 11.4. The molecule has 0 amide bonds. The Morgan fingerprint density at radius 1 is 1.31 bits per heavy atom. The van der Waals surface area contributed by atoms with Crippen molar-refractivity contribution in [2.75, 3.05) is 19.7 Å². The lowest BCUT2D eigenvalue weighted by Crippen LogP contribution is -2.44. The Hall–Kier alpha value is -0.120. The number of hydrogen-bond acceptors (Lipinski definition) is 3. The molecule has 16 heavy (non-hydrogen) atoms. The molecule has 1 saturated carbocycles. The molecule has 0 radical (unpaired) electrons. The molecule has 3 unspecified atom stereocenters. The molecule has 1 aliphatic heterocycles. The standard InChI is InChI=1S/C13H25NO2/c1-2-8-16-13-4-3-7-14(10-13)11-5-6-12(15)9-11/h11-13,15H,2-10H2,1H3. The van der Waals surface area contributed by atoms with Crippen LogP contribution in [0.3, 0.4) is 0 Å². The van der Waals surface area contributed by atoms with Gasteiger partial charge < -0.3 is 9.84 Å². The first-order valence-corrected chi connectivity index (χ1v) is 6.83. The lowest BCUT2D eigenvalue weighted by atomic mass is 10.0. The second-order valence-electron chi connectivity index (χ2n) is 5.25. The van der Waals surface area contributed by atoms with Crippen LogP contribution >= 0.6 is 0 Å². The molecule has 3 nitrogen and oxygen atoms in total. The molecule has 0 aromatic carbocycles. The van der Waals surface area contributed by atoms with Crippen molar-refractivity contribution in [1.29, 1.82) is 0 Å². The molecule has 3 atom stereocenters. The van der Waals surface area contributed by atoms with E-state index in [4.69, 9.17) is 4.74 Å². The number of rotatable bonds is 4. The van der Waals surface area contributed by atoms with Gasteiger partial charge in [-0.25, -0.2) is 0 Å². The number of nitrogens with zero attached hydrogens (tertiary/aromatic N) is 1. The Labute approximate surface area is 98.8 Å². The maximum absolute atomic E-state index is 9.58. The Bertz CT molecular complexity index is 210. The van der Waals surface area contributed by atoms with Crippen LogP contribution in [0, 0.1) is 0 Å². The van der Waals surface area contributed by atoms with Crippen LogP contribution in [0.4, 0.5) is 0 Å².